The molecule has 0 aliphatic heterocycles. The number of aliphatic hydroxyl groups is 1. The molecule has 1 aromatic carbocycles. The molecule has 0 bridgehead atoms. The Morgan fingerprint density at radius 1 is 1.40 bits per heavy atom. The SMILES string of the molecule is CCC(C)C(C)=Nc1c(C(C)(O)C(F)F)ccc(-c2nccs2)c1C. The molecule has 2 aromatic rings. The van der Waals surface area contributed by atoms with E-state index in [9.17, 15) is 13.9 Å². The molecule has 0 spiro atoms. The molecule has 2 unspecified atom stereocenters. The van der Waals surface area contributed by atoms with E-state index in [2.05, 4.69) is 16.9 Å². The van der Waals surface area contributed by atoms with E-state index < -0.39 is 12.0 Å². The average molecular weight is 366 g/mol. The lowest BCUT2D eigenvalue weighted by Gasteiger charge is -2.26. The van der Waals surface area contributed by atoms with Crippen molar-refractivity contribution in [2.75, 3.05) is 0 Å². The lowest BCUT2D eigenvalue weighted by atomic mass is 9.90. The topological polar surface area (TPSA) is 45.5 Å². The maximum absolute atomic E-state index is 13.4. The highest BCUT2D eigenvalue weighted by molar-refractivity contribution is 7.13. The van der Waals surface area contributed by atoms with Crippen LogP contribution < -0.4 is 0 Å². The summed E-state index contributed by atoms with van der Waals surface area (Å²) in [6.07, 6.45) is -0.299. The van der Waals surface area contributed by atoms with Gasteiger partial charge in [0.05, 0.1) is 5.69 Å². The van der Waals surface area contributed by atoms with Crippen LogP contribution in [0.15, 0.2) is 28.7 Å². The van der Waals surface area contributed by atoms with Crippen LogP contribution in [0.5, 0.6) is 0 Å². The molecule has 1 aromatic heterocycles. The number of nitrogens with zero attached hydrogens (tertiary/aromatic N) is 2. The predicted octanol–water partition coefficient (Wildman–Crippen LogP) is 5.73. The van der Waals surface area contributed by atoms with Crippen LogP contribution >= 0.6 is 11.3 Å². The molecular formula is C19H24F2N2OS. The highest BCUT2D eigenvalue weighted by atomic mass is 32.1. The van der Waals surface area contributed by atoms with Crippen LogP contribution in [0.3, 0.4) is 0 Å². The number of benzene rings is 1. The van der Waals surface area contributed by atoms with Crippen molar-refractivity contribution >= 4 is 22.7 Å². The van der Waals surface area contributed by atoms with Crippen molar-refractivity contribution in [3.8, 4) is 10.6 Å². The second-order valence-electron chi connectivity index (χ2n) is 6.48. The first-order chi connectivity index (χ1) is 11.7. The predicted molar refractivity (Wildman–Crippen MR) is 100 cm³/mol. The molecule has 0 aliphatic rings. The molecule has 2 rings (SSSR count). The third-order valence-electron chi connectivity index (χ3n) is 4.68. The molecule has 0 saturated carbocycles. The van der Waals surface area contributed by atoms with E-state index in [4.69, 9.17) is 0 Å². The lowest BCUT2D eigenvalue weighted by Crippen LogP contribution is -2.30. The molecule has 0 radical (unpaired) electrons. The maximum Gasteiger partial charge on any atom is 0.270 e. The Morgan fingerprint density at radius 3 is 2.60 bits per heavy atom. The van der Waals surface area contributed by atoms with Gasteiger partial charge < -0.3 is 5.11 Å². The van der Waals surface area contributed by atoms with E-state index in [1.165, 1.54) is 11.3 Å². The molecule has 0 aliphatic carbocycles. The van der Waals surface area contributed by atoms with Crippen molar-refractivity contribution in [1.82, 2.24) is 4.98 Å². The molecule has 0 amide bonds. The highest BCUT2D eigenvalue weighted by Gasteiger charge is 2.37. The van der Waals surface area contributed by atoms with Crippen LogP contribution in [0.25, 0.3) is 10.6 Å². The summed E-state index contributed by atoms with van der Waals surface area (Å²) in [6, 6.07) is 3.27. The zero-order valence-corrected chi connectivity index (χ0v) is 16.0. The molecule has 136 valence electrons. The summed E-state index contributed by atoms with van der Waals surface area (Å²) in [5.41, 5.74) is 0.739. The molecular weight excluding hydrogens is 342 g/mol. The number of alkyl halides is 2. The van der Waals surface area contributed by atoms with Crippen LogP contribution in [-0.2, 0) is 5.60 Å². The number of aliphatic imine (C=N–C) groups is 1. The minimum atomic E-state index is -2.91. The smallest absolute Gasteiger partial charge is 0.270 e. The van der Waals surface area contributed by atoms with Crippen LogP contribution in [-0.4, -0.2) is 22.2 Å². The molecule has 3 nitrogen and oxygen atoms in total. The van der Waals surface area contributed by atoms with E-state index in [1.807, 2.05) is 26.2 Å². The summed E-state index contributed by atoms with van der Waals surface area (Å²) in [5.74, 6) is 0.229. The number of halogens is 2. The Morgan fingerprint density at radius 2 is 2.08 bits per heavy atom. The normalized spacial score (nSPS) is 16.1. The van der Waals surface area contributed by atoms with Crippen molar-refractivity contribution in [2.24, 2.45) is 10.9 Å². The molecule has 1 N–H and O–H groups in total. The minimum absolute atomic E-state index is 0.142. The summed E-state index contributed by atoms with van der Waals surface area (Å²) in [4.78, 5) is 8.95. The Bertz CT molecular complexity index is 755. The maximum atomic E-state index is 13.4. The number of hydrogen-bond donors (Lipinski definition) is 1. The molecule has 1 heterocycles. The van der Waals surface area contributed by atoms with Crippen LogP contribution in [0, 0.1) is 12.8 Å². The van der Waals surface area contributed by atoms with Crippen molar-refractivity contribution in [3.05, 3.63) is 34.8 Å². The first-order valence-corrected chi connectivity index (χ1v) is 9.17. The van der Waals surface area contributed by atoms with Gasteiger partial charge in [-0.15, -0.1) is 11.3 Å². The average Bonchev–Trinajstić information content (AvgIpc) is 3.09. The Balaban J connectivity index is 2.71. The van der Waals surface area contributed by atoms with Gasteiger partial charge in [0.2, 0.25) is 0 Å². The summed E-state index contributed by atoms with van der Waals surface area (Å²) < 4.78 is 26.9. The number of hydrogen-bond acceptors (Lipinski definition) is 4. The first kappa shape index (κ1) is 19.7. The van der Waals surface area contributed by atoms with Gasteiger partial charge in [0.1, 0.15) is 10.6 Å². The van der Waals surface area contributed by atoms with Crippen molar-refractivity contribution < 1.29 is 13.9 Å². The second kappa shape index (κ2) is 7.70. The van der Waals surface area contributed by atoms with Crippen molar-refractivity contribution in [3.63, 3.8) is 0 Å². The van der Waals surface area contributed by atoms with Crippen LogP contribution in [0.4, 0.5) is 14.5 Å². The Hall–Kier alpha value is -1.66. The Kier molecular flexibility index (Phi) is 6.06. The van der Waals surface area contributed by atoms with Gasteiger partial charge in [-0.05, 0) is 38.7 Å². The van der Waals surface area contributed by atoms with Gasteiger partial charge in [0, 0.05) is 28.4 Å². The molecule has 2 atom stereocenters. The second-order valence-corrected chi connectivity index (χ2v) is 7.38. The standard InChI is InChI=1S/C19H24F2N2OS/c1-6-11(2)13(4)23-16-12(3)14(17-22-9-10-25-17)7-8-15(16)19(5,24)18(20)21/h7-11,18,24H,6H2,1-5H3. The quantitative estimate of drug-likeness (QED) is 0.664. The molecule has 25 heavy (non-hydrogen) atoms. The zero-order valence-electron chi connectivity index (χ0n) is 15.2. The number of aromatic nitrogens is 1. The van der Waals surface area contributed by atoms with E-state index in [-0.39, 0.29) is 11.5 Å². The third-order valence-corrected chi connectivity index (χ3v) is 5.48. The molecule has 6 heteroatoms. The summed E-state index contributed by atoms with van der Waals surface area (Å²) >= 11 is 1.48. The van der Waals surface area contributed by atoms with Crippen molar-refractivity contribution in [2.45, 2.75) is 53.1 Å². The van der Waals surface area contributed by atoms with Crippen LogP contribution in [0.1, 0.15) is 45.2 Å². The molecule has 0 saturated heterocycles. The van der Waals surface area contributed by atoms with Crippen LogP contribution in [0.2, 0.25) is 0 Å². The van der Waals surface area contributed by atoms with E-state index in [0.717, 1.165) is 35.2 Å². The fraction of sp³-hybridized carbons (Fsp3) is 0.474. The van der Waals surface area contributed by atoms with Crippen molar-refractivity contribution in [1.29, 1.82) is 0 Å². The van der Waals surface area contributed by atoms with Gasteiger partial charge in [-0.1, -0.05) is 26.0 Å². The van der Waals surface area contributed by atoms with Gasteiger partial charge in [-0.3, -0.25) is 4.99 Å². The third kappa shape index (κ3) is 3.96. The summed E-state index contributed by atoms with van der Waals surface area (Å²) in [6.45, 7) is 8.96. The zero-order chi connectivity index (χ0) is 18.8. The molecule has 0 fully saturated rings. The number of thiazole rings is 1. The lowest BCUT2D eigenvalue weighted by molar-refractivity contribution is -0.0879. The fourth-order valence-electron chi connectivity index (χ4n) is 2.54. The van der Waals surface area contributed by atoms with Gasteiger partial charge >= 0.3 is 0 Å². The van der Waals surface area contributed by atoms with Gasteiger partial charge in [-0.25, -0.2) is 13.8 Å². The van der Waals surface area contributed by atoms with E-state index in [0.29, 0.717) is 5.69 Å². The largest absolute Gasteiger partial charge is 0.379 e. The van der Waals surface area contributed by atoms with Gasteiger partial charge in [0.25, 0.3) is 6.43 Å². The van der Waals surface area contributed by atoms with E-state index in [1.54, 1.807) is 18.3 Å². The summed E-state index contributed by atoms with van der Waals surface area (Å²) in [5, 5.41) is 13.0. The van der Waals surface area contributed by atoms with Gasteiger partial charge in [0.15, 0.2) is 0 Å². The monoisotopic (exact) mass is 366 g/mol. The Labute approximate surface area is 151 Å². The first-order valence-electron chi connectivity index (χ1n) is 8.29. The van der Waals surface area contributed by atoms with Gasteiger partial charge in [-0.2, -0.15) is 0 Å². The highest BCUT2D eigenvalue weighted by Crippen LogP contribution is 2.41. The fourth-order valence-corrected chi connectivity index (χ4v) is 3.26. The van der Waals surface area contributed by atoms with E-state index >= 15 is 0 Å². The minimum Gasteiger partial charge on any atom is -0.379 e. The summed E-state index contributed by atoms with van der Waals surface area (Å²) in [7, 11) is 0. The number of rotatable bonds is 6.